The van der Waals surface area contributed by atoms with Crippen molar-refractivity contribution in [3.05, 3.63) is 47.9 Å². The largest absolute Gasteiger partial charge is 0.478 e. The first kappa shape index (κ1) is 15.6. The van der Waals surface area contributed by atoms with Gasteiger partial charge in [0.2, 0.25) is 11.7 Å². The first-order valence-corrected chi connectivity index (χ1v) is 6.37. The molecule has 0 spiro atoms. The van der Waals surface area contributed by atoms with Crippen LogP contribution in [0.5, 0.6) is 0 Å². The quantitative estimate of drug-likeness (QED) is 0.866. The van der Waals surface area contributed by atoms with Crippen LogP contribution in [0.4, 0.5) is 0 Å². The molecule has 0 radical (unpaired) electrons. The SMILES string of the molecule is C=C(Cc1nc(-c2ccc(C)cc2)no1)C(=O)O.CC. The van der Waals surface area contributed by atoms with Gasteiger partial charge in [-0.1, -0.05) is 55.4 Å². The molecule has 0 amide bonds. The second-order valence-electron chi connectivity index (χ2n) is 3.96. The van der Waals surface area contributed by atoms with Crippen molar-refractivity contribution in [2.45, 2.75) is 27.2 Å². The van der Waals surface area contributed by atoms with Crippen molar-refractivity contribution in [3.8, 4) is 11.4 Å². The summed E-state index contributed by atoms with van der Waals surface area (Å²) in [5, 5.41) is 12.5. The Morgan fingerprint density at radius 3 is 2.45 bits per heavy atom. The van der Waals surface area contributed by atoms with Crippen molar-refractivity contribution in [1.82, 2.24) is 10.1 Å². The Labute approximate surface area is 118 Å². The monoisotopic (exact) mass is 274 g/mol. The van der Waals surface area contributed by atoms with Gasteiger partial charge in [0.25, 0.3) is 0 Å². The molecule has 0 aliphatic rings. The summed E-state index contributed by atoms with van der Waals surface area (Å²) in [5.41, 5.74) is 1.99. The molecule has 5 heteroatoms. The normalized spacial score (nSPS) is 9.55. The Morgan fingerprint density at radius 1 is 1.30 bits per heavy atom. The summed E-state index contributed by atoms with van der Waals surface area (Å²) in [5.74, 6) is -0.369. The molecule has 1 heterocycles. The van der Waals surface area contributed by atoms with E-state index in [0.717, 1.165) is 11.1 Å². The van der Waals surface area contributed by atoms with Gasteiger partial charge in [0.1, 0.15) is 0 Å². The van der Waals surface area contributed by atoms with E-state index in [0.29, 0.717) is 5.82 Å². The third kappa shape index (κ3) is 4.05. The summed E-state index contributed by atoms with van der Waals surface area (Å²) >= 11 is 0. The predicted molar refractivity (Wildman–Crippen MR) is 76.3 cm³/mol. The van der Waals surface area contributed by atoms with E-state index < -0.39 is 5.97 Å². The van der Waals surface area contributed by atoms with E-state index in [4.69, 9.17) is 9.63 Å². The van der Waals surface area contributed by atoms with Gasteiger partial charge in [-0.2, -0.15) is 4.98 Å². The molecule has 0 fully saturated rings. The van der Waals surface area contributed by atoms with Gasteiger partial charge in [-0.05, 0) is 6.92 Å². The van der Waals surface area contributed by atoms with Gasteiger partial charge >= 0.3 is 5.97 Å². The van der Waals surface area contributed by atoms with Crippen LogP contribution in [0.3, 0.4) is 0 Å². The zero-order chi connectivity index (χ0) is 15.1. The van der Waals surface area contributed by atoms with Gasteiger partial charge in [0.05, 0.1) is 6.42 Å². The Morgan fingerprint density at radius 2 is 1.90 bits per heavy atom. The second kappa shape index (κ2) is 7.23. The molecular formula is C15H18N2O3. The second-order valence-corrected chi connectivity index (χ2v) is 3.96. The van der Waals surface area contributed by atoms with Crippen molar-refractivity contribution < 1.29 is 14.4 Å². The lowest BCUT2D eigenvalue weighted by molar-refractivity contribution is -0.132. The Hall–Kier alpha value is -2.43. The van der Waals surface area contributed by atoms with Gasteiger partial charge in [-0.15, -0.1) is 0 Å². The lowest BCUT2D eigenvalue weighted by Crippen LogP contribution is -2.02. The van der Waals surface area contributed by atoms with Crippen LogP contribution in [0.15, 0.2) is 40.9 Å². The third-order valence-corrected chi connectivity index (χ3v) is 2.44. The highest BCUT2D eigenvalue weighted by Crippen LogP contribution is 2.17. The summed E-state index contributed by atoms with van der Waals surface area (Å²) in [4.78, 5) is 14.8. The molecular weight excluding hydrogens is 256 g/mol. The molecule has 2 rings (SSSR count). The number of benzene rings is 1. The van der Waals surface area contributed by atoms with Crippen LogP contribution in [0.1, 0.15) is 25.3 Å². The minimum absolute atomic E-state index is 0.0223. The van der Waals surface area contributed by atoms with Crippen molar-refractivity contribution in [2.75, 3.05) is 0 Å². The lowest BCUT2D eigenvalue weighted by atomic mass is 10.1. The van der Waals surface area contributed by atoms with E-state index in [1.54, 1.807) is 0 Å². The van der Waals surface area contributed by atoms with E-state index in [9.17, 15) is 4.79 Å². The first-order valence-electron chi connectivity index (χ1n) is 6.37. The van der Waals surface area contributed by atoms with Crippen molar-refractivity contribution >= 4 is 5.97 Å². The highest BCUT2D eigenvalue weighted by atomic mass is 16.5. The van der Waals surface area contributed by atoms with E-state index in [1.165, 1.54) is 0 Å². The number of carboxylic acid groups (broad SMARTS) is 1. The van der Waals surface area contributed by atoms with Gasteiger partial charge in [-0.25, -0.2) is 4.79 Å². The molecule has 0 saturated heterocycles. The average Bonchev–Trinajstić information content (AvgIpc) is 2.90. The van der Waals surface area contributed by atoms with Crippen LogP contribution in [-0.4, -0.2) is 21.2 Å². The standard InChI is InChI=1S/C13H12N2O3.C2H6/c1-8-3-5-10(6-4-8)12-14-11(18-15-12)7-9(2)13(16)17;1-2/h3-6H,2,7H2,1H3,(H,16,17);1-2H3. The molecule has 1 aromatic carbocycles. The minimum Gasteiger partial charge on any atom is -0.478 e. The van der Waals surface area contributed by atoms with E-state index in [2.05, 4.69) is 16.7 Å². The highest BCUT2D eigenvalue weighted by Gasteiger charge is 2.12. The number of hydrogen-bond acceptors (Lipinski definition) is 4. The number of rotatable bonds is 4. The fourth-order valence-electron chi connectivity index (χ4n) is 1.40. The molecule has 0 saturated carbocycles. The lowest BCUT2D eigenvalue weighted by Gasteiger charge is -1.94. The van der Waals surface area contributed by atoms with Crippen LogP contribution in [0.2, 0.25) is 0 Å². The maximum atomic E-state index is 10.6. The average molecular weight is 274 g/mol. The fraction of sp³-hybridized carbons (Fsp3) is 0.267. The number of carboxylic acids is 1. The van der Waals surface area contributed by atoms with Crippen LogP contribution in [-0.2, 0) is 11.2 Å². The molecule has 2 aromatic rings. The summed E-state index contributed by atoms with van der Waals surface area (Å²) < 4.78 is 4.98. The number of aromatic nitrogens is 2. The topological polar surface area (TPSA) is 76.2 Å². The third-order valence-electron chi connectivity index (χ3n) is 2.44. The zero-order valence-electron chi connectivity index (χ0n) is 11.9. The van der Waals surface area contributed by atoms with E-state index in [1.807, 2.05) is 45.0 Å². The fourth-order valence-corrected chi connectivity index (χ4v) is 1.40. The molecule has 1 aromatic heterocycles. The highest BCUT2D eigenvalue weighted by molar-refractivity contribution is 5.86. The number of nitrogens with zero attached hydrogens (tertiary/aromatic N) is 2. The van der Waals surface area contributed by atoms with Gasteiger partial charge in [0, 0.05) is 11.1 Å². The zero-order valence-corrected chi connectivity index (χ0v) is 11.9. The Kier molecular flexibility index (Phi) is 5.65. The molecule has 1 N–H and O–H groups in total. The summed E-state index contributed by atoms with van der Waals surface area (Å²) in [6.45, 7) is 9.40. The number of hydrogen-bond donors (Lipinski definition) is 1. The summed E-state index contributed by atoms with van der Waals surface area (Å²) in [7, 11) is 0. The molecule has 0 aliphatic heterocycles. The van der Waals surface area contributed by atoms with Crippen LogP contribution >= 0.6 is 0 Å². The molecule has 0 aliphatic carbocycles. The minimum atomic E-state index is -1.06. The molecule has 0 unspecified atom stereocenters. The first-order chi connectivity index (χ1) is 9.56. The number of aryl methyl sites for hydroxylation is 1. The van der Waals surface area contributed by atoms with Gasteiger partial charge < -0.3 is 9.63 Å². The van der Waals surface area contributed by atoms with Crippen LogP contribution in [0.25, 0.3) is 11.4 Å². The molecule has 5 nitrogen and oxygen atoms in total. The van der Waals surface area contributed by atoms with E-state index in [-0.39, 0.29) is 17.9 Å². The molecule has 106 valence electrons. The Balaban J connectivity index is 0.000000956. The maximum Gasteiger partial charge on any atom is 0.331 e. The maximum absolute atomic E-state index is 10.6. The van der Waals surface area contributed by atoms with Crippen LogP contribution < -0.4 is 0 Å². The van der Waals surface area contributed by atoms with Gasteiger partial charge in [0.15, 0.2) is 0 Å². The van der Waals surface area contributed by atoms with Crippen molar-refractivity contribution in [3.63, 3.8) is 0 Å². The number of aliphatic carboxylic acids is 1. The Bertz CT molecular complexity index is 585. The van der Waals surface area contributed by atoms with Crippen molar-refractivity contribution in [2.24, 2.45) is 0 Å². The van der Waals surface area contributed by atoms with Crippen LogP contribution in [0, 0.1) is 6.92 Å². The molecule has 0 bridgehead atoms. The van der Waals surface area contributed by atoms with Crippen molar-refractivity contribution in [1.29, 1.82) is 0 Å². The number of carbonyl (C=O) groups is 1. The summed E-state index contributed by atoms with van der Waals surface area (Å²) in [6.07, 6.45) is 0.0498. The summed E-state index contributed by atoms with van der Waals surface area (Å²) in [6, 6.07) is 7.66. The molecule has 20 heavy (non-hydrogen) atoms. The molecule has 0 atom stereocenters. The predicted octanol–water partition coefficient (Wildman–Crippen LogP) is 3.25. The van der Waals surface area contributed by atoms with Gasteiger partial charge in [-0.3, -0.25) is 0 Å². The van der Waals surface area contributed by atoms with E-state index >= 15 is 0 Å². The smallest absolute Gasteiger partial charge is 0.331 e.